The van der Waals surface area contributed by atoms with Crippen molar-refractivity contribution in [1.82, 2.24) is 4.98 Å². The van der Waals surface area contributed by atoms with Crippen molar-refractivity contribution in [3.8, 4) is 0 Å². The highest BCUT2D eigenvalue weighted by Crippen LogP contribution is 2.29. The first-order chi connectivity index (χ1) is 6.77. The number of aromatic amines is 1. The van der Waals surface area contributed by atoms with E-state index in [-0.39, 0.29) is 5.84 Å². The van der Waals surface area contributed by atoms with Gasteiger partial charge < -0.3 is 10.7 Å². The first-order valence-corrected chi connectivity index (χ1v) is 4.30. The summed E-state index contributed by atoms with van der Waals surface area (Å²) in [5.41, 5.74) is 9.14. The summed E-state index contributed by atoms with van der Waals surface area (Å²) in [6.45, 7) is 0. The van der Waals surface area contributed by atoms with Crippen molar-refractivity contribution in [3.05, 3.63) is 29.5 Å². The molecule has 14 heavy (non-hydrogen) atoms. The van der Waals surface area contributed by atoms with Crippen LogP contribution in [0, 0.1) is 5.41 Å². The number of fused-ring (bicyclic) bond motifs is 3. The van der Waals surface area contributed by atoms with E-state index < -0.39 is 0 Å². The number of benzene rings is 1. The predicted molar refractivity (Wildman–Crippen MR) is 57.1 cm³/mol. The zero-order valence-corrected chi connectivity index (χ0v) is 7.33. The quantitative estimate of drug-likeness (QED) is 0.533. The molecule has 1 aliphatic rings. The monoisotopic (exact) mass is 184 g/mol. The Morgan fingerprint density at radius 1 is 1.43 bits per heavy atom. The van der Waals surface area contributed by atoms with Crippen molar-refractivity contribution in [3.63, 3.8) is 0 Å². The van der Waals surface area contributed by atoms with Gasteiger partial charge in [-0.3, -0.25) is 5.41 Å². The Bertz CT molecular complexity index is 577. The molecule has 1 aromatic heterocycles. The van der Waals surface area contributed by atoms with Gasteiger partial charge in [-0.25, -0.2) is 4.99 Å². The highest BCUT2D eigenvalue weighted by atomic mass is 14.9. The molecular formula is C10H8N4. The molecule has 0 unspecified atom stereocenters. The minimum absolute atomic E-state index is 0.244. The summed E-state index contributed by atoms with van der Waals surface area (Å²) >= 11 is 0. The smallest absolute Gasteiger partial charge is 0.154 e. The molecule has 1 aliphatic heterocycles. The van der Waals surface area contributed by atoms with Crippen LogP contribution in [0.2, 0.25) is 0 Å². The molecule has 0 radical (unpaired) electrons. The van der Waals surface area contributed by atoms with Gasteiger partial charge in [0.15, 0.2) is 5.84 Å². The molecule has 0 saturated heterocycles. The molecule has 0 atom stereocenters. The molecule has 0 aliphatic carbocycles. The van der Waals surface area contributed by atoms with Gasteiger partial charge in [0.25, 0.3) is 0 Å². The third-order valence-electron chi connectivity index (χ3n) is 2.48. The lowest BCUT2D eigenvalue weighted by Crippen LogP contribution is -2.00. The van der Waals surface area contributed by atoms with Crippen molar-refractivity contribution in [2.45, 2.75) is 0 Å². The zero-order valence-electron chi connectivity index (χ0n) is 7.33. The maximum absolute atomic E-state index is 7.61. The van der Waals surface area contributed by atoms with E-state index in [1.54, 1.807) is 6.21 Å². The van der Waals surface area contributed by atoms with Gasteiger partial charge in [0.05, 0.1) is 11.1 Å². The molecule has 4 heteroatoms. The zero-order chi connectivity index (χ0) is 9.71. The second-order valence-corrected chi connectivity index (χ2v) is 3.30. The van der Waals surface area contributed by atoms with E-state index in [1.807, 2.05) is 18.3 Å². The van der Waals surface area contributed by atoms with Gasteiger partial charge in [-0.15, -0.1) is 0 Å². The largest absolute Gasteiger partial charge is 0.398 e. The van der Waals surface area contributed by atoms with E-state index in [9.17, 15) is 0 Å². The van der Waals surface area contributed by atoms with E-state index in [4.69, 9.17) is 11.1 Å². The van der Waals surface area contributed by atoms with Gasteiger partial charge in [0, 0.05) is 29.0 Å². The molecule has 1 aromatic carbocycles. The second kappa shape index (κ2) is 2.23. The Morgan fingerprint density at radius 2 is 2.29 bits per heavy atom. The maximum atomic E-state index is 7.61. The van der Waals surface area contributed by atoms with Crippen LogP contribution in [-0.4, -0.2) is 17.0 Å². The standard InChI is InChI=1S/C10H8N4/c11-7-3-5-1-2-13-9(5)6-4-14-10(12)8(6)7/h1-4,12-13H,11H2. The van der Waals surface area contributed by atoms with Crippen LogP contribution in [0.4, 0.5) is 5.69 Å². The fourth-order valence-electron chi connectivity index (χ4n) is 1.84. The summed E-state index contributed by atoms with van der Waals surface area (Å²) in [5, 5.41) is 8.67. The number of anilines is 1. The number of hydrogen-bond acceptors (Lipinski definition) is 2. The van der Waals surface area contributed by atoms with Crippen molar-refractivity contribution >= 4 is 28.6 Å². The summed E-state index contributed by atoms with van der Waals surface area (Å²) in [6.07, 6.45) is 3.55. The fraction of sp³-hybridized carbons (Fsp3) is 0. The third kappa shape index (κ3) is 0.724. The van der Waals surface area contributed by atoms with Gasteiger partial charge in [0.2, 0.25) is 0 Å². The number of rotatable bonds is 0. The molecule has 4 N–H and O–H groups in total. The van der Waals surface area contributed by atoms with E-state index >= 15 is 0 Å². The lowest BCUT2D eigenvalue weighted by Gasteiger charge is -2.03. The summed E-state index contributed by atoms with van der Waals surface area (Å²) in [4.78, 5) is 7.08. The van der Waals surface area contributed by atoms with Crippen molar-refractivity contribution in [2.24, 2.45) is 4.99 Å². The van der Waals surface area contributed by atoms with E-state index in [1.165, 1.54) is 0 Å². The van der Waals surface area contributed by atoms with E-state index in [2.05, 4.69) is 9.98 Å². The first kappa shape index (κ1) is 7.32. The molecule has 4 nitrogen and oxygen atoms in total. The van der Waals surface area contributed by atoms with Crippen LogP contribution in [0.3, 0.4) is 0 Å². The third-order valence-corrected chi connectivity index (χ3v) is 2.48. The number of amidine groups is 1. The molecular weight excluding hydrogens is 176 g/mol. The van der Waals surface area contributed by atoms with Gasteiger partial charge in [-0.05, 0) is 12.1 Å². The summed E-state index contributed by atoms with van der Waals surface area (Å²) in [6, 6.07) is 3.83. The summed E-state index contributed by atoms with van der Waals surface area (Å²) in [7, 11) is 0. The lowest BCUT2D eigenvalue weighted by molar-refractivity contribution is 1.44. The van der Waals surface area contributed by atoms with Gasteiger partial charge in [-0.2, -0.15) is 0 Å². The van der Waals surface area contributed by atoms with E-state index in [0.29, 0.717) is 5.69 Å². The Hall–Kier alpha value is -2.10. The number of hydrogen-bond donors (Lipinski definition) is 3. The Kier molecular flexibility index (Phi) is 1.16. The topological polar surface area (TPSA) is 78.0 Å². The normalized spacial score (nSPS) is 13.9. The molecule has 68 valence electrons. The second-order valence-electron chi connectivity index (χ2n) is 3.30. The highest BCUT2D eigenvalue weighted by molar-refractivity contribution is 6.22. The van der Waals surface area contributed by atoms with Crippen LogP contribution < -0.4 is 5.73 Å². The number of nitrogens with one attached hydrogen (secondary N) is 2. The highest BCUT2D eigenvalue weighted by Gasteiger charge is 2.18. The lowest BCUT2D eigenvalue weighted by atomic mass is 10.0. The van der Waals surface area contributed by atoms with Crippen molar-refractivity contribution < 1.29 is 0 Å². The fourth-order valence-corrected chi connectivity index (χ4v) is 1.84. The van der Waals surface area contributed by atoms with Crippen LogP contribution in [-0.2, 0) is 0 Å². The number of nitrogens with two attached hydrogens (primary N) is 1. The van der Waals surface area contributed by atoms with Crippen LogP contribution in [0.1, 0.15) is 11.1 Å². The number of aromatic nitrogens is 1. The molecule has 0 fully saturated rings. The summed E-state index contributed by atoms with van der Waals surface area (Å²) < 4.78 is 0. The van der Waals surface area contributed by atoms with Crippen molar-refractivity contribution in [2.75, 3.05) is 5.73 Å². The summed E-state index contributed by atoms with van der Waals surface area (Å²) in [5.74, 6) is 0.244. The Morgan fingerprint density at radius 3 is 3.14 bits per heavy atom. The Balaban J connectivity index is 2.55. The molecule has 0 saturated carbocycles. The van der Waals surface area contributed by atoms with Gasteiger partial charge in [-0.1, -0.05) is 0 Å². The predicted octanol–water partition coefficient (Wildman–Crippen LogP) is 1.51. The molecule has 3 rings (SSSR count). The minimum atomic E-state index is 0.244. The SMILES string of the molecule is N=C1N=Cc2c1c(N)cc1cc[nH]c21. The van der Waals surface area contributed by atoms with Gasteiger partial charge in [0.1, 0.15) is 0 Å². The molecule has 2 aromatic rings. The molecule has 2 heterocycles. The maximum Gasteiger partial charge on any atom is 0.154 e. The van der Waals surface area contributed by atoms with Crippen molar-refractivity contribution in [1.29, 1.82) is 5.41 Å². The van der Waals surface area contributed by atoms with E-state index in [0.717, 1.165) is 22.0 Å². The molecule has 0 amide bonds. The first-order valence-electron chi connectivity index (χ1n) is 4.30. The van der Waals surface area contributed by atoms with Crippen LogP contribution in [0.5, 0.6) is 0 Å². The number of aliphatic imine (C=N–C) groups is 1. The minimum Gasteiger partial charge on any atom is -0.398 e. The molecule has 0 spiro atoms. The number of nitrogens with zero attached hydrogens (tertiary/aromatic N) is 1. The van der Waals surface area contributed by atoms with Crippen LogP contribution in [0.25, 0.3) is 10.9 Å². The number of H-pyrrole nitrogens is 1. The molecule has 0 bridgehead atoms. The average molecular weight is 184 g/mol. The van der Waals surface area contributed by atoms with Crippen LogP contribution >= 0.6 is 0 Å². The van der Waals surface area contributed by atoms with Crippen LogP contribution in [0.15, 0.2) is 23.3 Å². The average Bonchev–Trinajstić information content (AvgIpc) is 2.71. The number of nitrogen functional groups attached to an aromatic ring is 1. The Labute approximate surface area is 80.0 Å². The van der Waals surface area contributed by atoms with Gasteiger partial charge >= 0.3 is 0 Å².